The summed E-state index contributed by atoms with van der Waals surface area (Å²) in [6, 6.07) is 13.3. The maximum absolute atomic E-state index is 2.38. The summed E-state index contributed by atoms with van der Waals surface area (Å²) >= 11 is 0. The Morgan fingerprint density at radius 2 is 1.33 bits per heavy atom. The summed E-state index contributed by atoms with van der Waals surface area (Å²) in [6.07, 6.45) is 0. The van der Waals surface area contributed by atoms with Crippen LogP contribution in [0.4, 0.5) is 11.4 Å². The van der Waals surface area contributed by atoms with Crippen molar-refractivity contribution in [3.05, 3.63) is 36.4 Å². The molecule has 18 heavy (non-hydrogen) atoms. The Bertz CT molecular complexity index is 528. The molecular formula is C16H22N2. The molecule has 2 aromatic carbocycles. The molecule has 2 heteroatoms. The molecule has 0 amide bonds. The van der Waals surface area contributed by atoms with E-state index < -0.39 is 0 Å². The Balaban J connectivity index is 2.48. The molecule has 0 bridgehead atoms. The zero-order chi connectivity index (χ0) is 13.1. The number of nitrogens with zero attached hydrogens (tertiary/aromatic N) is 2. The van der Waals surface area contributed by atoms with Gasteiger partial charge < -0.3 is 9.80 Å². The van der Waals surface area contributed by atoms with Crippen LogP contribution in [0.25, 0.3) is 10.8 Å². The lowest BCUT2D eigenvalue weighted by molar-refractivity contribution is 0.867. The van der Waals surface area contributed by atoms with Crippen molar-refractivity contribution < 1.29 is 0 Å². The standard InChI is InChI=1S/C16H22N2/c1-5-18(6-2)16-10-8-13-7-9-15(17(3)4)11-14(13)12-16/h7-12H,5-6H2,1-4H3. The van der Waals surface area contributed by atoms with Crippen LogP contribution < -0.4 is 9.80 Å². The first-order chi connectivity index (χ1) is 8.65. The van der Waals surface area contributed by atoms with Crippen LogP contribution in [0, 0.1) is 0 Å². The monoisotopic (exact) mass is 242 g/mol. The van der Waals surface area contributed by atoms with Gasteiger partial charge in [0.2, 0.25) is 0 Å². The molecule has 2 nitrogen and oxygen atoms in total. The second-order valence-corrected chi connectivity index (χ2v) is 4.78. The van der Waals surface area contributed by atoms with Crippen molar-refractivity contribution in [2.45, 2.75) is 13.8 Å². The Morgan fingerprint density at radius 3 is 1.89 bits per heavy atom. The minimum atomic E-state index is 1.05. The molecule has 0 atom stereocenters. The molecule has 0 fully saturated rings. The highest BCUT2D eigenvalue weighted by Crippen LogP contribution is 2.25. The number of rotatable bonds is 4. The van der Waals surface area contributed by atoms with Gasteiger partial charge in [0, 0.05) is 38.6 Å². The maximum atomic E-state index is 2.38. The zero-order valence-electron chi connectivity index (χ0n) is 11.8. The second kappa shape index (κ2) is 5.30. The molecular weight excluding hydrogens is 220 g/mol. The largest absolute Gasteiger partial charge is 0.378 e. The summed E-state index contributed by atoms with van der Waals surface area (Å²) in [5, 5.41) is 2.61. The van der Waals surface area contributed by atoms with E-state index in [1.54, 1.807) is 0 Å². The van der Waals surface area contributed by atoms with E-state index in [9.17, 15) is 0 Å². The average Bonchev–Trinajstić information content (AvgIpc) is 2.39. The van der Waals surface area contributed by atoms with Crippen LogP contribution in [0.15, 0.2) is 36.4 Å². The van der Waals surface area contributed by atoms with Crippen molar-refractivity contribution in [2.24, 2.45) is 0 Å². The van der Waals surface area contributed by atoms with Gasteiger partial charge in [-0.05, 0) is 48.9 Å². The van der Waals surface area contributed by atoms with Gasteiger partial charge in [-0.15, -0.1) is 0 Å². The molecule has 96 valence electrons. The molecule has 0 saturated carbocycles. The van der Waals surface area contributed by atoms with Crippen molar-refractivity contribution in [1.29, 1.82) is 0 Å². The van der Waals surface area contributed by atoms with Crippen LogP contribution in [-0.2, 0) is 0 Å². The topological polar surface area (TPSA) is 6.48 Å². The highest BCUT2D eigenvalue weighted by Gasteiger charge is 2.04. The van der Waals surface area contributed by atoms with Crippen LogP contribution >= 0.6 is 0 Å². The Kier molecular flexibility index (Phi) is 3.75. The van der Waals surface area contributed by atoms with E-state index >= 15 is 0 Å². The van der Waals surface area contributed by atoms with Gasteiger partial charge in [-0.1, -0.05) is 12.1 Å². The van der Waals surface area contributed by atoms with Crippen LogP contribution in [0.5, 0.6) is 0 Å². The summed E-state index contributed by atoms with van der Waals surface area (Å²) in [4.78, 5) is 4.52. The SMILES string of the molecule is CCN(CC)c1ccc2ccc(N(C)C)cc2c1. The fraction of sp³-hybridized carbons (Fsp3) is 0.375. The lowest BCUT2D eigenvalue weighted by atomic mass is 10.1. The van der Waals surface area contributed by atoms with Crippen molar-refractivity contribution in [3.8, 4) is 0 Å². The molecule has 0 saturated heterocycles. The molecule has 0 aromatic heterocycles. The molecule has 0 aliphatic carbocycles. The lowest BCUT2D eigenvalue weighted by Gasteiger charge is -2.21. The summed E-state index contributed by atoms with van der Waals surface area (Å²) in [6.45, 7) is 6.50. The maximum Gasteiger partial charge on any atom is 0.0372 e. The number of hydrogen-bond acceptors (Lipinski definition) is 2. The zero-order valence-corrected chi connectivity index (χ0v) is 11.8. The van der Waals surface area contributed by atoms with Gasteiger partial charge in [-0.25, -0.2) is 0 Å². The van der Waals surface area contributed by atoms with Gasteiger partial charge >= 0.3 is 0 Å². The summed E-state index contributed by atoms with van der Waals surface area (Å²) in [5.74, 6) is 0. The lowest BCUT2D eigenvalue weighted by Crippen LogP contribution is -2.21. The first-order valence-corrected chi connectivity index (χ1v) is 6.61. The van der Waals surface area contributed by atoms with Crippen LogP contribution in [0.1, 0.15) is 13.8 Å². The van der Waals surface area contributed by atoms with Gasteiger partial charge in [0.25, 0.3) is 0 Å². The molecule has 2 rings (SSSR count). The van der Waals surface area contributed by atoms with E-state index in [1.165, 1.54) is 22.1 Å². The third-order valence-electron chi connectivity index (χ3n) is 3.45. The Hall–Kier alpha value is -1.70. The highest BCUT2D eigenvalue weighted by atomic mass is 15.1. The van der Waals surface area contributed by atoms with Gasteiger partial charge in [-0.3, -0.25) is 0 Å². The van der Waals surface area contributed by atoms with E-state index in [0.29, 0.717) is 0 Å². The number of hydrogen-bond donors (Lipinski definition) is 0. The Labute approximate surface area is 110 Å². The normalized spacial score (nSPS) is 10.7. The van der Waals surface area contributed by atoms with Crippen molar-refractivity contribution in [3.63, 3.8) is 0 Å². The minimum Gasteiger partial charge on any atom is -0.378 e. The van der Waals surface area contributed by atoms with Gasteiger partial charge in [0.15, 0.2) is 0 Å². The van der Waals surface area contributed by atoms with E-state index in [-0.39, 0.29) is 0 Å². The quantitative estimate of drug-likeness (QED) is 0.805. The molecule has 0 aliphatic rings. The fourth-order valence-corrected chi connectivity index (χ4v) is 2.29. The van der Waals surface area contributed by atoms with E-state index in [1.807, 2.05) is 0 Å². The van der Waals surface area contributed by atoms with Crippen molar-refractivity contribution in [1.82, 2.24) is 0 Å². The molecule has 0 spiro atoms. The highest BCUT2D eigenvalue weighted by molar-refractivity contribution is 5.88. The van der Waals surface area contributed by atoms with E-state index in [2.05, 4.69) is 74.1 Å². The van der Waals surface area contributed by atoms with Crippen LogP contribution in [-0.4, -0.2) is 27.2 Å². The van der Waals surface area contributed by atoms with Crippen LogP contribution in [0.2, 0.25) is 0 Å². The van der Waals surface area contributed by atoms with Gasteiger partial charge in [0.1, 0.15) is 0 Å². The molecule has 0 N–H and O–H groups in total. The van der Waals surface area contributed by atoms with Crippen molar-refractivity contribution >= 4 is 22.1 Å². The molecule has 0 heterocycles. The third kappa shape index (κ3) is 2.42. The van der Waals surface area contributed by atoms with E-state index in [0.717, 1.165) is 13.1 Å². The number of fused-ring (bicyclic) bond motifs is 1. The summed E-state index contributed by atoms with van der Waals surface area (Å²) < 4.78 is 0. The van der Waals surface area contributed by atoms with Crippen LogP contribution in [0.3, 0.4) is 0 Å². The molecule has 0 unspecified atom stereocenters. The average molecular weight is 242 g/mol. The first-order valence-electron chi connectivity index (χ1n) is 6.61. The number of anilines is 2. The summed E-state index contributed by atoms with van der Waals surface area (Å²) in [5.41, 5.74) is 2.56. The smallest absolute Gasteiger partial charge is 0.0372 e. The minimum absolute atomic E-state index is 1.05. The third-order valence-corrected chi connectivity index (χ3v) is 3.45. The van der Waals surface area contributed by atoms with Gasteiger partial charge in [0.05, 0.1) is 0 Å². The predicted octanol–water partition coefficient (Wildman–Crippen LogP) is 3.75. The Morgan fingerprint density at radius 1 is 0.778 bits per heavy atom. The first kappa shape index (κ1) is 12.7. The number of benzene rings is 2. The van der Waals surface area contributed by atoms with Crippen molar-refractivity contribution in [2.75, 3.05) is 37.0 Å². The second-order valence-electron chi connectivity index (χ2n) is 4.78. The molecule has 2 aromatic rings. The van der Waals surface area contributed by atoms with Gasteiger partial charge in [-0.2, -0.15) is 0 Å². The summed E-state index contributed by atoms with van der Waals surface area (Å²) in [7, 11) is 4.16. The van der Waals surface area contributed by atoms with E-state index in [4.69, 9.17) is 0 Å². The fourth-order valence-electron chi connectivity index (χ4n) is 2.29. The molecule has 0 radical (unpaired) electrons. The molecule has 0 aliphatic heterocycles. The predicted molar refractivity (Wildman–Crippen MR) is 81.8 cm³/mol.